The third-order valence-electron chi connectivity index (χ3n) is 5.40. The van der Waals surface area contributed by atoms with Gasteiger partial charge in [-0.3, -0.25) is 9.89 Å². The summed E-state index contributed by atoms with van der Waals surface area (Å²) in [7, 11) is 0. The monoisotopic (exact) mass is 378 g/mol. The predicted octanol–water partition coefficient (Wildman–Crippen LogP) is 3.19. The van der Waals surface area contributed by atoms with Gasteiger partial charge in [-0.25, -0.2) is 4.98 Å². The van der Waals surface area contributed by atoms with Crippen molar-refractivity contribution in [2.75, 3.05) is 6.54 Å². The molecule has 28 heavy (non-hydrogen) atoms. The van der Waals surface area contributed by atoms with Gasteiger partial charge in [-0.15, -0.1) is 0 Å². The predicted molar refractivity (Wildman–Crippen MR) is 100 cm³/mol. The van der Waals surface area contributed by atoms with Crippen molar-refractivity contribution >= 4 is 5.91 Å². The maximum absolute atomic E-state index is 13.0. The number of carbonyl (C=O) groups is 1. The van der Waals surface area contributed by atoms with Gasteiger partial charge >= 0.3 is 0 Å². The zero-order valence-electron chi connectivity index (χ0n) is 15.6. The molecule has 0 atom stereocenters. The Morgan fingerprint density at radius 2 is 2.11 bits per heavy atom. The van der Waals surface area contributed by atoms with E-state index in [0.29, 0.717) is 37.9 Å². The minimum atomic E-state index is -0.0568. The van der Waals surface area contributed by atoms with Crippen molar-refractivity contribution in [3.8, 4) is 0 Å². The summed E-state index contributed by atoms with van der Waals surface area (Å²) in [6.07, 6.45) is 4.29. The summed E-state index contributed by atoms with van der Waals surface area (Å²) in [5, 5.41) is 7.53. The number of nitrogens with one attached hydrogen (secondary N) is 1. The van der Waals surface area contributed by atoms with E-state index in [-0.39, 0.29) is 5.91 Å². The van der Waals surface area contributed by atoms with Crippen molar-refractivity contribution in [2.45, 2.75) is 44.9 Å². The van der Waals surface area contributed by atoms with Crippen LogP contribution in [-0.2, 0) is 30.9 Å². The van der Waals surface area contributed by atoms with E-state index in [0.717, 1.165) is 47.5 Å². The van der Waals surface area contributed by atoms with Crippen LogP contribution in [-0.4, -0.2) is 32.5 Å². The van der Waals surface area contributed by atoms with E-state index in [9.17, 15) is 4.79 Å². The molecule has 1 amide bonds. The van der Waals surface area contributed by atoms with Crippen LogP contribution < -0.4 is 0 Å². The van der Waals surface area contributed by atoms with Crippen LogP contribution in [0.2, 0.25) is 0 Å². The van der Waals surface area contributed by atoms with Crippen molar-refractivity contribution in [1.82, 2.24) is 20.1 Å². The Kier molecular flexibility index (Phi) is 4.44. The largest absolute Gasteiger partial charge is 0.447 e. The first kappa shape index (κ1) is 17.2. The summed E-state index contributed by atoms with van der Waals surface area (Å²) in [5.74, 6) is 1.05. The highest BCUT2D eigenvalue weighted by atomic mass is 16.5. The maximum Gasteiger partial charge on any atom is 0.276 e. The fourth-order valence-electron chi connectivity index (χ4n) is 3.69. The standard InChI is InChI=1S/C21H22N4O3/c26-21(19-20(15-6-7-15)28-13-22-19)25-9-8-17-16(10-25)18(24-23-17)12-27-11-14-4-2-1-3-5-14/h1-5,13,15H,6-12H2,(H,23,24). The first-order valence-corrected chi connectivity index (χ1v) is 9.69. The molecule has 7 nitrogen and oxygen atoms in total. The number of rotatable bonds is 6. The molecule has 0 radical (unpaired) electrons. The highest BCUT2D eigenvalue weighted by Gasteiger charge is 2.35. The Morgan fingerprint density at radius 3 is 2.93 bits per heavy atom. The van der Waals surface area contributed by atoms with E-state index in [2.05, 4.69) is 15.2 Å². The topological polar surface area (TPSA) is 84.3 Å². The average Bonchev–Trinajstić information content (AvgIpc) is 3.32. The number of fused-ring (bicyclic) bond motifs is 1. The van der Waals surface area contributed by atoms with Gasteiger partial charge in [0, 0.05) is 36.7 Å². The highest BCUT2D eigenvalue weighted by molar-refractivity contribution is 5.93. The fraction of sp³-hybridized carbons (Fsp3) is 0.381. The lowest BCUT2D eigenvalue weighted by Crippen LogP contribution is -2.36. The zero-order chi connectivity index (χ0) is 18.9. The second kappa shape index (κ2) is 7.24. The van der Waals surface area contributed by atoms with Crippen LogP contribution in [0.25, 0.3) is 0 Å². The molecule has 3 aromatic rings. The second-order valence-corrected chi connectivity index (χ2v) is 7.42. The molecule has 3 heterocycles. The number of nitrogens with zero attached hydrogens (tertiary/aromatic N) is 3. The molecule has 1 aliphatic carbocycles. The van der Waals surface area contributed by atoms with Gasteiger partial charge in [0.15, 0.2) is 12.1 Å². The van der Waals surface area contributed by atoms with Crippen LogP contribution >= 0.6 is 0 Å². The number of hydrogen-bond donors (Lipinski definition) is 1. The first-order valence-electron chi connectivity index (χ1n) is 9.69. The van der Waals surface area contributed by atoms with E-state index in [1.165, 1.54) is 6.39 Å². The Hall–Kier alpha value is -2.93. The molecule has 1 fully saturated rings. The van der Waals surface area contributed by atoms with E-state index in [1.54, 1.807) is 0 Å². The van der Waals surface area contributed by atoms with Crippen molar-refractivity contribution in [3.63, 3.8) is 0 Å². The number of H-pyrrole nitrogens is 1. The van der Waals surface area contributed by atoms with Crippen LogP contribution in [0.3, 0.4) is 0 Å². The van der Waals surface area contributed by atoms with E-state index in [1.807, 2.05) is 35.2 Å². The molecule has 0 saturated heterocycles. The summed E-state index contributed by atoms with van der Waals surface area (Å²) in [4.78, 5) is 19.0. The smallest absolute Gasteiger partial charge is 0.276 e. The summed E-state index contributed by atoms with van der Waals surface area (Å²) < 4.78 is 11.3. The number of ether oxygens (including phenoxy) is 1. The van der Waals surface area contributed by atoms with Crippen LogP contribution in [0.4, 0.5) is 0 Å². The summed E-state index contributed by atoms with van der Waals surface area (Å²) >= 11 is 0. The number of hydrogen-bond acceptors (Lipinski definition) is 5. The fourth-order valence-corrected chi connectivity index (χ4v) is 3.69. The minimum absolute atomic E-state index is 0.0568. The SMILES string of the molecule is O=C(c1ncoc1C1CC1)N1CCc2[nH]nc(COCc3ccccc3)c2C1. The molecule has 0 bridgehead atoms. The lowest BCUT2D eigenvalue weighted by atomic mass is 10.0. The molecule has 2 aliphatic rings. The molecule has 1 aliphatic heterocycles. The maximum atomic E-state index is 13.0. The van der Waals surface area contributed by atoms with Gasteiger partial charge < -0.3 is 14.1 Å². The lowest BCUT2D eigenvalue weighted by molar-refractivity contribution is 0.0721. The lowest BCUT2D eigenvalue weighted by Gasteiger charge is -2.26. The Bertz CT molecular complexity index is 975. The van der Waals surface area contributed by atoms with E-state index >= 15 is 0 Å². The van der Waals surface area contributed by atoms with Gasteiger partial charge in [0.05, 0.1) is 18.9 Å². The van der Waals surface area contributed by atoms with Gasteiger partial charge in [-0.1, -0.05) is 30.3 Å². The third-order valence-corrected chi connectivity index (χ3v) is 5.40. The molecular formula is C21H22N4O3. The van der Waals surface area contributed by atoms with Crippen LogP contribution in [0.1, 0.15) is 57.5 Å². The number of oxazole rings is 1. The number of amides is 1. The number of benzene rings is 1. The molecule has 1 aromatic carbocycles. The van der Waals surface area contributed by atoms with Crippen molar-refractivity contribution < 1.29 is 13.9 Å². The highest BCUT2D eigenvalue weighted by Crippen LogP contribution is 2.41. The van der Waals surface area contributed by atoms with E-state index < -0.39 is 0 Å². The minimum Gasteiger partial charge on any atom is -0.447 e. The number of carbonyl (C=O) groups excluding carboxylic acids is 1. The Balaban J connectivity index is 1.26. The summed E-state index contributed by atoms with van der Waals surface area (Å²) in [5.41, 5.74) is 4.61. The number of aromatic amines is 1. The van der Waals surface area contributed by atoms with Gasteiger partial charge in [0.25, 0.3) is 5.91 Å². The normalized spacial score (nSPS) is 16.2. The van der Waals surface area contributed by atoms with Gasteiger partial charge in [0.1, 0.15) is 5.76 Å². The molecule has 144 valence electrons. The quantitative estimate of drug-likeness (QED) is 0.712. The van der Waals surface area contributed by atoms with Crippen molar-refractivity contribution in [3.05, 3.63) is 70.7 Å². The van der Waals surface area contributed by atoms with Crippen molar-refractivity contribution in [1.29, 1.82) is 0 Å². The average molecular weight is 378 g/mol. The van der Waals surface area contributed by atoms with Gasteiger partial charge in [0.2, 0.25) is 0 Å². The molecule has 7 heteroatoms. The van der Waals surface area contributed by atoms with Gasteiger partial charge in [-0.05, 0) is 18.4 Å². The number of aromatic nitrogens is 3. The molecule has 0 spiro atoms. The van der Waals surface area contributed by atoms with Crippen LogP contribution in [0, 0.1) is 0 Å². The zero-order valence-corrected chi connectivity index (χ0v) is 15.6. The summed E-state index contributed by atoms with van der Waals surface area (Å²) in [6, 6.07) is 10.1. The second-order valence-electron chi connectivity index (χ2n) is 7.42. The third kappa shape index (κ3) is 3.33. The first-order chi connectivity index (χ1) is 13.8. The molecule has 1 N–H and O–H groups in total. The van der Waals surface area contributed by atoms with Gasteiger partial charge in [-0.2, -0.15) is 5.10 Å². The van der Waals surface area contributed by atoms with E-state index in [4.69, 9.17) is 9.15 Å². The van der Waals surface area contributed by atoms with Crippen LogP contribution in [0.5, 0.6) is 0 Å². The van der Waals surface area contributed by atoms with Crippen molar-refractivity contribution in [2.24, 2.45) is 0 Å². The molecule has 0 unspecified atom stereocenters. The summed E-state index contributed by atoms with van der Waals surface area (Å²) in [6.45, 7) is 2.12. The van der Waals surface area contributed by atoms with Crippen LogP contribution in [0.15, 0.2) is 41.1 Å². The molecule has 5 rings (SSSR count). The molecular weight excluding hydrogens is 356 g/mol. The Morgan fingerprint density at radius 1 is 1.25 bits per heavy atom. The molecule has 1 saturated carbocycles. The Labute approximate surface area is 162 Å². The molecule has 2 aromatic heterocycles.